The summed E-state index contributed by atoms with van der Waals surface area (Å²) in [6, 6.07) is -5.39. The Morgan fingerprint density at radius 1 is 1.03 bits per heavy atom. The van der Waals surface area contributed by atoms with E-state index in [1.165, 1.54) is 12.5 Å². The van der Waals surface area contributed by atoms with E-state index in [1.54, 1.807) is 13.8 Å². The molecule has 0 radical (unpaired) electrons. The second kappa shape index (κ2) is 14.4. The molecule has 5 atom stereocenters. The Kier molecular flexibility index (Phi) is 12.0. The van der Waals surface area contributed by atoms with Crippen LogP contribution in [-0.4, -0.2) is 79.9 Å². The average Bonchev–Trinajstić information content (AvgIpc) is 3.31. The van der Waals surface area contributed by atoms with Crippen molar-refractivity contribution in [3.63, 3.8) is 0 Å². The summed E-state index contributed by atoms with van der Waals surface area (Å²) >= 11 is 0. The van der Waals surface area contributed by atoms with Gasteiger partial charge in [-0.15, -0.1) is 0 Å². The highest BCUT2D eigenvalue weighted by molar-refractivity contribution is 5.96. The zero-order valence-corrected chi connectivity index (χ0v) is 20.0. The van der Waals surface area contributed by atoms with Gasteiger partial charge in [0.15, 0.2) is 0 Å². The largest absolute Gasteiger partial charge is 0.481 e. The van der Waals surface area contributed by atoms with E-state index in [1.807, 2.05) is 0 Å². The summed E-state index contributed by atoms with van der Waals surface area (Å²) in [5.74, 6) is -6.69. The number of H-pyrrole nitrogens is 1. The van der Waals surface area contributed by atoms with Crippen LogP contribution in [-0.2, 0) is 35.2 Å². The van der Waals surface area contributed by atoms with Crippen LogP contribution in [0.25, 0.3) is 0 Å². The van der Waals surface area contributed by atoms with E-state index in [9.17, 15) is 33.9 Å². The lowest BCUT2D eigenvalue weighted by molar-refractivity contribution is -0.144. The molecular weight excluding hydrogens is 478 g/mol. The first-order valence-corrected chi connectivity index (χ1v) is 11.2. The van der Waals surface area contributed by atoms with Gasteiger partial charge in [0.1, 0.15) is 18.1 Å². The van der Waals surface area contributed by atoms with E-state index in [4.69, 9.17) is 16.6 Å². The fourth-order valence-corrected chi connectivity index (χ4v) is 3.16. The minimum atomic E-state index is -1.57. The molecule has 5 unspecified atom stereocenters. The summed E-state index contributed by atoms with van der Waals surface area (Å²) in [6.45, 7) is 3.33. The molecule has 0 aliphatic carbocycles. The Hall–Kier alpha value is -4.01. The van der Waals surface area contributed by atoms with E-state index >= 15 is 0 Å². The maximum atomic E-state index is 12.9. The van der Waals surface area contributed by atoms with Crippen molar-refractivity contribution in [3.05, 3.63) is 18.2 Å². The molecule has 4 amide bonds. The van der Waals surface area contributed by atoms with Crippen molar-refractivity contribution in [2.24, 2.45) is 17.4 Å². The van der Waals surface area contributed by atoms with E-state index in [2.05, 4.69) is 25.9 Å². The van der Waals surface area contributed by atoms with Crippen molar-refractivity contribution >= 4 is 35.6 Å². The summed E-state index contributed by atoms with van der Waals surface area (Å²) in [6.07, 6.45) is 1.81. The Labute approximate surface area is 206 Å². The average molecular weight is 512 g/mol. The molecule has 1 aromatic heterocycles. The van der Waals surface area contributed by atoms with Gasteiger partial charge in [-0.2, -0.15) is 0 Å². The number of nitrogens with zero attached hydrogens (tertiary/aromatic N) is 1. The number of imidazole rings is 1. The SMILES string of the molecule is CCC(C)C(NC(=O)C(CC(N)=O)NC(=O)C(CCC(=O)O)NC(=O)C(N)Cc1cnc[nH]1)C(=O)O. The van der Waals surface area contributed by atoms with Crippen LogP contribution in [0.5, 0.6) is 0 Å². The molecule has 200 valence electrons. The predicted molar refractivity (Wildman–Crippen MR) is 124 cm³/mol. The Bertz CT molecular complexity index is 937. The van der Waals surface area contributed by atoms with Crippen LogP contribution in [0.1, 0.15) is 45.2 Å². The number of aromatic amines is 1. The van der Waals surface area contributed by atoms with Gasteiger partial charge in [-0.05, 0) is 12.3 Å². The minimum Gasteiger partial charge on any atom is -0.481 e. The van der Waals surface area contributed by atoms with Gasteiger partial charge in [0.2, 0.25) is 23.6 Å². The number of aromatic nitrogens is 2. The van der Waals surface area contributed by atoms with E-state index in [0.717, 1.165) is 0 Å². The molecule has 10 N–H and O–H groups in total. The van der Waals surface area contributed by atoms with E-state index < -0.39 is 78.5 Å². The first-order chi connectivity index (χ1) is 16.8. The summed E-state index contributed by atoms with van der Waals surface area (Å²) in [7, 11) is 0. The Morgan fingerprint density at radius 2 is 1.64 bits per heavy atom. The highest BCUT2D eigenvalue weighted by Gasteiger charge is 2.33. The predicted octanol–water partition coefficient (Wildman–Crippen LogP) is -2.40. The summed E-state index contributed by atoms with van der Waals surface area (Å²) in [4.78, 5) is 78.9. The van der Waals surface area contributed by atoms with Gasteiger partial charge in [-0.3, -0.25) is 24.0 Å². The Morgan fingerprint density at radius 3 is 2.14 bits per heavy atom. The quantitative estimate of drug-likeness (QED) is 0.117. The van der Waals surface area contributed by atoms with Gasteiger partial charge in [0.25, 0.3) is 0 Å². The molecule has 1 aromatic rings. The highest BCUT2D eigenvalue weighted by atomic mass is 16.4. The molecule has 36 heavy (non-hydrogen) atoms. The third kappa shape index (κ3) is 10.1. The first-order valence-electron chi connectivity index (χ1n) is 11.2. The molecule has 0 aliphatic heterocycles. The summed E-state index contributed by atoms with van der Waals surface area (Å²) in [5.41, 5.74) is 11.6. The minimum absolute atomic E-state index is 0.0536. The van der Waals surface area contributed by atoms with Crippen LogP contribution in [0.4, 0.5) is 0 Å². The van der Waals surface area contributed by atoms with Crippen LogP contribution in [0.15, 0.2) is 12.5 Å². The van der Waals surface area contributed by atoms with Crippen LogP contribution in [0, 0.1) is 5.92 Å². The second-order valence-corrected chi connectivity index (χ2v) is 8.32. The number of carboxylic acid groups (broad SMARTS) is 2. The molecule has 0 aromatic carbocycles. The zero-order chi connectivity index (χ0) is 27.4. The standard InChI is InChI=1S/C21H33N7O8/c1-3-10(2)17(21(35)36)28-20(34)14(7-15(23)29)27-19(33)13(4-5-16(30)31)26-18(32)12(22)6-11-8-24-9-25-11/h8-10,12-14,17H,3-7,22H2,1-2H3,(H2,23,29)(H,24,25)(H,26,32)(H,27,33)(H,28,34)(H,30,31)(H,35,36). The fraction of sp³-hybridized carbons (Fsp3) is 0.571. The molecule has 1 rings (SSSR count). The number of rotatable bonds is 16. The molecule has 1 heterocycles. The molecule has 0 bridgehead atoms. The third-order valence-corrected chi connectivity index (χ3v) is 5.43. The van der Waals surface area contributed by atoms with Crippen LogP contribution < -0.4 is 27.4 Å². The molecular formula is C21H33N7O8. The van der Waals surface area contributed by atoms with Crippen LogP contribution in [0.2, 0.25) is 0 Å². The summed E-state index contributed by atoms with van der Waals surface area (Å²) < 4.78 is 0. The number of nitrogens with one attached hydrogen (secondary N) is 4. The number of carboxylic acids is 2. The lowest BCUT2D eigenvalue weighted by Crippen LogP contribution is -2.58. The zero-order valence-electron chi connectivity index (χ0n) is 20.0. The number of amides is 4. The van der Waals surface area contributed by atoms with Crippen molar-refractivity contribution in [3.8, 4) is 0 Å². The number of carbonyl (C=O) groups excluding carboxylic acids is 4. The molecule has 0 spiro atoms. The molecule has 15 heteroatoms. The monoisotopic (exact) mass is 511 g/mol. The molecule has 0 saturated heterocycles. The number of nitrogens with two attached hydrogens (primary N) is 2. The molecule has 0 saturated carbocycles. The molecule has 15 nitrogen and oxygen atoms in total. The van der Waals surface area contributed by atoms with Gasteiger partial charge in [-0.1, -0.05) is 20.3 Å². The maximum absolute atomic E-state index is 12.9. The van der Waals surface area contributed by atoms with Gasteiger partial charge in [0, 0.05) is 24.7 Å². The van der Waals surface area contributed by atoms with Crippen LogP contribution in [0.3, 0.4) is 0 Å². The number of aliphatic carboxylic acids is 2. The van der Waals surface area contributed by atoms with Crippen molar-refractivity contribution in [1.29, 1.82) is 0 Å². The lowest BCUT2D eigenvalue weighted by atomic mass is 9.98. The van der Waals surface area contributed by atoms with Crippen molar-refractivity contribution < 1.29 is 39.0 Å². The lowest BCUT2D eigenvalue weighted by Gasteiger charge is -2.26. The Balaban J connectivity index is 3.01. The van der Waals surface area contributed by atoms with Crippen molar-refractivity contribution in [1.82, 2.24) is 25.9 Å². The third-order valence-electron chi connectivity index (χ3n) is 5.43. The van der Waals surface area contributed by atoms with Crippen molar-refractivity contribution in [2.45, 2.75) is 70.1 Å². The highest BCUT2D eigenvalue weighted by Crippen LogP contribution is 2.09. The molecule has 0 aliphatic rings. The van der Waals surface area contributed by atoms with Gasteiger partial charge >= 0.3 is 11.9 Å². The summed E-state index contributed by atoms with van der Waals surface area (Å²) in [5, 5.41) is 25.3. The number of hydrogen-bond donors (Lipinski definition) is 8. The second-order valence-electron chi connectivity index (χ2n) is 8.32. The van der Waals surface area contributed by atoms with Crippen molar-refractivity contribution in [2.75, 3.05) is 0 Å². The van der Waals surface area contributed by atoms with Crippen LogP contribution >= 0.6 is 0 Å². The smallest absolute Gasteiger partial charge is 0.326 e. The normalized spacial score (nSPS) is 15.0. The van der Waals surface area contributed by atoms with Gasteiger partial charge in [-0.25, -0.2) is 9.78 Å². The van der Waals surface area contributed by atoms with E-state index in [-0.39, 0.29) is 12.8 Å². The first kappa shape index (κ1) is 30.0. The number of hydrogen-bond acceptors (Lipinski definition) is 8. The fourth-order valence-electron chi connectivity index (χ4n) is 3.16. The number of carbonyl (C=O) groups is 6. The van der Waals surface area contributed by atoms with Gasteiger partial charge in [0.05, 0.1) is 18.8 Å². The van der Waals surface area contributed by atoms with E-state index in [0.29, 0.717) is 12.1 Å². The maximum Gasteiger partial charge on any atom is 0.326 e. The van der Waals surface area contributed by atoms with Gasteiger partial charge < -0.3 is 42.6 Å². The topological polar surface area (TPSA) is 260 Å². The number of primary amides is 1. The molecule has 0 fully saturated rings.